The maximum Gasteiger partial charge on any atom is 0.252 e. The van der Waals surface area contributed by atoms with Crippen LogP contribution in [0.5, 0.6) is 0 Å². The van der Waals surface area contributed by atoms with Gasteiger partial charge in [0.05, 0.1) is 17.5 Å². The van der Waals surface area contributed by atoms with Crippen LogP contribution in [0.3, 0.4) is 0 Å². The lowest BCUT2D eigenvalue weighted by atomic mass is 9.97. The molecule has 0 radical (unpaired) electrons. The molecule has 6 nitrogen and oxygen atoms in total. The Hall–Kier alpha value is -3.87. The molecule has 38 heavy (non-hydrogen) atoms. The van der Waals surface area contributed by atoms with Crippen molar-refractivity contribution in [2.24, 2.45) is 5.73 Å². The van der Waals surface area contributed by atoms with Crippen molar-refractivity contribution >= 4 is 40.7 Å². The Kier molecular flexibility index (Phi) is 7.24. The summed E-state index contributed by atoms with van der Waals surface area (Å²) in [5, 5.41) is 0.467. The number of amides is 1. The minimum atomic E-state index is -3.62. The Morgan fingerprint density at radius 2 is 1.76 bits per heavy atom. The molecule has 0 saturated carbocycles. The van der Waals surface area contributed by atoms with Crippen molar-refractivity contribution < 1.29 is 22.0 Å². The number of benzene rings is 3. The number of nitrogens with zero attached hydrogens (tertiary/aromatic N) is 1. The summed E-state index contributed by atoms with van der Waals surface area (Å²) in [6, 6.07) is 16.7. The number of primary amides is 1. The smallest absolute Gasteiger partial charge is 0.252 e. The number of carbonyl (C=O) groups excluding carboxylic acids is 1. The van der Waals surface area contributed by atoms with Gasteiger partial charge in [0.1, 0.15) is 25.2 Å². The molecule has 0 aliphatic carbocycles. The monoisotopic (exact) mass is 548 g/mol. The minimum absolute atomic E-state index is 0.203. The van der Waals surface area contributed by atoms with Crippen LogP contribution in [0.1, 0.15) is 27.2 Å². The normalized spacial score (nSPS) is 11.7. The summed E-state index contributed by atoms with van der Waals surface area (Å²) < 4.78 is 45.7. The molecule has 3 aromatic carbocycles. The van der Waals surface area contributed by atoms with Crippen LogP contribution in [0.15, 0.2) is 65.1 Å². The van der Waals surface area contributed by atoms with Crippen molar-refractivity contribution in [2.75, 3.05) is 17.6 Å². The zero-order valence-electron chi connectivity index (χ0n) is 21.9. The van der Waals surface area contributed by atoms with Crippen molar-refractivity contribution in [1.29, 1.82) is 0 Å². The quantitative estimate of drug-likeness (QED) is 0.252. The first kappa shape index (κ1) is 27.2. The fourth-order valence-corrected chi connectivity index (χ4v) is 5.09. The Labute approximate surface area is 223 Å². The van der Waals surface area contributed by atoms with Crippen molar-refractivity contribution in [2.45, 2.75) is 26.1 Å². The van der Waals surface area contributed by atoms with Crippen LogP contribution in [0.4, 0.5) is 10.1 Å². The van der Waals surface area contributed by atoms with Gasteiger partial charge in [-0.3, -0.25) is 9.10 Å². The number of anilines is 1. The van der Waals surface area contributed by atoms with Gasteiger partial charge in [0.15, 0.2) is 0 Å². The maximum atomic E-state index is 13.4. The third-order valence-corrected chi connectivity index (χ3v) is 8.06. The zero-order valence-corrected chi connectivity index (χ0v) is 23.7. The molecule has 1 aromatic heterocycles. The number of sulfonamides is 1. The Bertz CT molecular complexity index is 1710. The molecule has 0 spiro atoms. The van der Waals surface area contributed by atoms with Crippen LogP contribution in [-0.2, 0) is 16.4 Å². The molecule has 4 rings (SSSR count). The largest absolute Gasteiger partial charge is 0.460 e. The van der Waals surface area contributed by atoms with Crippen LogP contribution in [0.25, 0.3) is 22.1 Å². The van der Waals surface area contributed by atoms with Crippen molar-refractivity contribution in [3.8, 4) is 22.6 Å². The number of rotatable bonds is 6. The topological polar surface area (TPSA) is 93.6 Å². The number of carbonyl (C=O) groups is 1. The number of hydrogen-bond donors (Lipinski definition) is 1. The van der Waals surface area contributed by atoms with E-state index in [4.69, 9.17) is 10.2 Å². The van der Waals surface area contributed by atoms with E-state index in [-0.39, 0.29) is 17.8 Å². The van der Waals surface area contributed by atoms with Crippen molar-refractivity contribution in [1.82, 2.24) is 0 Å². The molecule has 0 aliphatic rings. The molecule has 0 bridgehead atoms. The van der Waals surface area contributed by atoms with E-state index >= 15 is 0 Å². The molecular weight excluding hydrogens is 519 g/mol. The summed E-state index contributed by atoms with van der Waals surface area (Å²) in [6.45, 7) is 6.47. The van der Waals surface area contributed by atoms with Gasteiger partial charge in [0.2, 0.25) is 10.0 Å². The summed E-state index contributed by atoms with van der Waals surface area (Å²) in [4.78, 5) is 12.6. The van der Waals surface area contributed by atoms with E-state index in [1.54, 1.807) is 24.3 Å². The average Bonchev–Trinajstić information content (AvgIpc) is 3.19. The van der Waals surface area contributed by atoms with E-state index in [0.29, 0.717) is 28.0 Å². The van der Waals surface area contributed by atoms with Gasteiger partial charge in [-0.05, 0) is 41.5 Å². The molecule has 0 saturated heterocycles. The molecule has 0 atom stereocenters. The van der Waals surface area contributed by atoms with Crippen LogP contribution in [0, 0.1) is 17.3 Å². The third-order valence-electron chi connectivity index (χ3n) is 6.00. The molecular formula is C29H29FN2O4SSi. The third kappa shape index (κ3) is 5.98. The van der Waals surface area contributed by atoms with E-state index in [2.05, 4.69) is 31.1 Å². The van der Waals surface area contributed by atoms with Gasteiger partial charge in [0, 0.05) is 36.0 Å². The van der Waals surface area contributed by atoms with E-state index in [0.717, 1.165) is 22.9 Å². The van der Waals surface area contributed by atoms with Gasteiger partial charge >= 0.3 is 0 Å². The van der Waals surface area contributed by atoms with Gasteiger partial charge in [-0.15, -0.1) is 5.54 Å². The molecule has 9 heteroatoms. The highest BCUT2D eigenvalue weighted by Gasteiger charge is 2.24. The molecule has 0 fully saturated rings. The first-order chi connectivity index (χ1) is 17.7. The second-order valence-electron chi connectivity index (χ2n) is 10.2. The fourth-order valence-electron chi connectivity index (χ4n) is 4.06. The summed E-state index contributed by atoms with van der Waals surface area (Å²) in [6.07, 6.45) is 1.33. The van der Waals surface area contributed by atoms with E-state index in [1.165, 1.54) is 23.5 Å². The minimum Gasteiger partial charge on any atom is -0.460 e. The zero-order chi connectivity index (χ0) is 27.8. The van der Waals surface area contributed by atoms with Crippen LogP contribution in [0.2, 0.25) is 19.6 Å². The van der Waals surface area contributed by atoms with Gasteiger partial charge in [-0.2, -0.15) is 0 Å². The summed E-state index contributed by atoms with van der Waals surface area (Å²) >= 11 is 0. The molecule has 0 unspecified atom stereocenters. The van der Waals surface area contributed by atoms with E-state index < -0.39 is 24.0 Å². The van der Waals surface area contributed by atoms with Gasteiger partial charge in [-0.25, -0.2) is 12.8 Å². The van der Waals surface area contributed by atoms with E-state index in [9.17, 15) is 17.6 Å². The molecule has 2 N–H and O–H groups in total. The number of halogens is 1. The standard InChI is InChI=1S/C29H29FN2O4SSi/c1-32(37(2,34)35)25-18-26-24(17-23(25)21-8-6-7-19(15-21)13-14-38(3,4)5)28(29(31)33)27(36-26)16-20-9-11-22(30)12-10-20/h6-12,15,17-18H,16H2,1-5H3,(H2,31,33). The Morgan fingerprint density at radius 1 is 1.08 bits per heavy atom. The predicted molar refractivity (Wildman–Crippen MR) is 153 cm³/mol. The number of hydrogen-bond acceptors (Lipinski definition) is 4. The average molecular weight is 549 g/mol. The van der Waals surface area contributed by atoms with Gasteiger partial charge < -0.3 is 10.2 Å². The highest BCUT2D eigenvalue weighted by atomic mass is 32.2. The SMILES string of the molecule is CN(c1cc2oc(Cc3ccc(F)cc3)c(C(N)=O)c2cc1-c1cccc(C#C[Si](C)(C)C)c1)S(C)(=O)=O. The van der Waals surface area contributed by atoms with Crippen molar-refractivity contribution in [3.63, 3.8) is 0 Å². The second-order valence-corrected chi connectivity index (χ2v) is 17.0. The van der Waals surface area contributed by atoms with Gasteiger partial charge in [0.25, 0.3) is 5.91 Å². The Balaban J connectivity index is 1.96. The Morgan fingerprint density at radius 3 is 2.37 bits per heavy atom. The van der Waals surface area contributed by atoms with Gasteiger partial charge in [-0.1, -0.05) is 49.8 Å². The lowest BCUT2D eigenvalue weighted by molar-refractivity contribution is 0.1000. The lowest BCUT2D eigenvalue weighted by Gasteiger charge is -2.21. The lowest BCUT2D eigenvalue weighted by Crippen LogP contribution is -2.25. The predicted octanol–water partition coefficient (Wildman–Crippen LogP) is 5.55. The first-order valence-electron chi connectivity index (χ1n) is 11.9. The van der Waals surface area contributed by atoms with Crippen LogP contribution >= 0.6 is 0 Å². The summed E-state index contributed by atoms with van der Waals surface area (Å²) in [5.41, 5.74) is 12.9. The summed E-state index contributed by atoms with van der Waals surface area (Å²) in [7, 11) is -3.77. The molecule has 0 aliphatic heterocycles. The van der Waals surface area contributed by atoms with E-state index in [1.807, 2.05) is 24.3 Å². The first-order valence-corrected chi connectivity index (χ1v) is 17.3. The number of furan rings is 1. The fraction of sp³-hybridized carbons (Fsp3) is 0.207. The van der Waals surface area contributed by atoms with Crippen molar-refractivity contribution in [3.05, 3.63) is 88.9 Å². The molecule has 1 amide bonds. The highest BCUT2D eigenvalue weighted by Crippen LogP contribution is 2.39. The second kappa shape index (κ2) is 10.1. The maximum absolute atomic E-state index is 13.4. The number of nitrogens with two attached hydrogens (primary N) is 1. The molecule has 196 valence electrons. The van der Waals surface area contributed by atoms with Crippen LogP contribution in [-0.4, -0.2) is 35.7 Å². The molecule has 4 aromatic rings. The summed E-state index contributed by atoms with van der Waals surface area (Å²) in [5.74, 6) is 2.51. The molecule has 1 heterocycles. The van der Waals surface area contributed by atoms with Crippen LogP contribution < -0.4 is 10.0 Å². The number of fused-ring (bicyclic) bond motifs is 1. The highest BCUT2D eigenvalue weighted by molar-refractivity contribution is 7.92.